The summed E-state index contributed by atoms with van der Waals surface area (Å²) in [5, 5.41) is 14.5. The average Bonchev–Trinajstić information content (AvgIpc) is 2.77. The van der Waals surface area contributed by atoms with Crippen LogP contribution in [-0.2, 0) is 6.54 Å². The molecule has 0 aliphatic carbocycles. The Kier molecular flexibility index (Phi) is 8.45. The Morgan fingerprint density at radius 3 is 2.77 bits per heavy atom. The number of anilines is 1. The SMILES string of the molecule is COc1cc(CNCC2(O)CCCN(c3ncccn3)C2)ccc1OCCCN(C)C. The number of ether oxygens (including phenoxy) is 2. The monoisotopic (exact) mass is 429 g/mol. The number of nitrogens with one attached hydrogen (secondary N) is 1. The lowest BCUT2D eigenvalue weighted by Crippen LogP contribution is -2.53. The Labute approximate surface area is 185 Å². The molecule has 0 radical (unpaired) electrons. The van der Waals surface area contributed by atoms with Gasteiger partial charge in [0.1, 0.15) is 0 Å². The molecule has 1 aliphatic heterocycles. The number of aliphatic hydroxyl groups is 1. The first-order valence-corrected chi connectivity index (χ1v) is 10.9. The molecule has 1 saturated heterocycles. The van der Waals surface area contributed by atoms with Crippen LogP contribution in [0.1, 0.15) is 24.8 Å². The van der Waals surface area contributed by atoms with E-state index in [0.29, 0.717) is 32.2 Å². The molecule has 3 rings (SSSR count). The zero-order valence-corrected chi connectivity index (χ0v) is 18.9. The quantitative estimate of drug-likeness (QED) is 0.525. The predicted octanol–water partition coefficient (Wildman–Crippen LogP) is 1.94. The Morgan fingerprint density at radius 2 is 2.03 bits per heavy atom. The van der Waals surface area contributed by atoms with Gasteiger partial charge in [-0.3, -0.25) is 0 Å². The van der Waals surface area contributed by atoms with Crippen molar-refractivity contribution >= 4 is 5.95 Å². The fraction of sp³-hybridized carbons (Fsp3) is 0.565. The van der Waals surface area contributed by atoms with Crippen LogP contribution in [0.25, 0.3) is 0 Å². The second-order valence-electron chi connectivity index (χ2n) is 8.39. The number of piperidine rings is 1. The number of rotatable bonds is 11. The van der Waals surface area contributed by atoms with Crippen molar-refractivity contribution in [3.63, 3.8) is 0 Å². The molecule has 8 nitrogen and oxygen atoms in total. The van der Waals surface area contributed by atoms with E-state index in [-0.39, 0.29) is 0 Å². The molecule has 0 amide bonds. The van der Waals surface area contributed by atoms with Crippen molar-refractivity contribution in [2.75, 3.05) is 58.9 Å². The summed E-state index contributed by atoms with van der Waals surface area (Å²) in [4.78, 5) is 12.8. The van der Waals surface area contributed by atoms with Gasteiger partial charge in [-0.15, -0.1) is 0 Å². The summed E-state index contributed by atoms with van der Waals surface area (Å²) in [6.07, 6.45) is 6.09. The van der Waals surface area contributed by atoms with E-state index in [2.05, 4.69) is 39.2 Å². The van der Waals surface area contributed by atoms with E-state index in [1.165, 1.54) is 0 Å². The molecule has 2 N–H and O–H groups in total. The van der Waals surface area contributed by atoms with Gasteiger partial charge in [0, 0.05) is 38.6 Å². The highest BCUT2D eigenvalue weighted by atomic mass is 16.5. The van der Waals surface area contributed by atoms with Crippen LogP contribution < -0.4 is 19.7 Å². The maximum Gasteiger partial charge on any atom is 0.225 e. The number of aromatic nitrogens is 2. The van der Waals surface area contributed by atoms with Crippen LogP contribution in [0.2, 0.25) is 0 Å². The largest absolute Gasteiger partial charge is 0.493 e. The maximum atomic E-state index is 11.1. The van der Waals surface area contributed by atoms with Crippen LogP contribution >= 0.6 is 0 Å². The van der Waals surface area contributed by atoms with E-state index in [9.17, 15) is 5.11 Å². The van der Waals surface area contributed by atoms with Gasteiger partial charge < -0.3 is 29.7 Å². The van der Waals surface area contributed by atoms with Gasteiger partial charge in [0.25, 0.3) is 0 Å². The van der Waals surface area contributed by atoms with Crippen LogP contribution in [-0.4, -0.2) is 79.6 Å². The van der Waals surface area contributed by atoms with Gasteiger partial charge in [-0.1, -0.05) is 6.07 Å². The maximum absolute atomic E-state index is 11.1. The summed E-state index contributed by atoms with van der Waals surface area (Å²) in [6, 6.07) is 7.78. The molecule has 1 atom stereocenters. The molecule has 1 aromatic carbocycles. The third kappa shape index (κ3) is 7.05. The molecule has 0 bridgehead atoms. The number of hydrogen-bond acceptors (Lipinski definition) is 8. The van der Waals surface area contributed by atoms with Crippen molar-refractivity contribution in [3.8, 4) is 11.5 Å². The van der Waals surface area contributed by atoms with Crippen molar-refractivity contribution in [2.24, 2.45) is 0 Å². The lowest BCUT2D eigenvalue weighted by atomic mass is 9.93. The Hall–Kier alpha value is -2.42. The van der Waals surface area contributed by atoms with E-state index < -0.39 is 5.60 Å². The number of methoxy groups -OCH3 is 1. The summed E-state index contributed by atoms with van der Waals surface area (Å²) in [5.41, 5.74) is 0.275. The zero-order valence-electron chi connectivity index (χ0n) is 18.9. The molecule has 170 valence electrons. The van der Waals surface area contributed by atoms with E-state index >= 15 is 0 Å². The summed E-state index contributed by atoms with van der Waals surface area (Å²) in [6.45, 7) is 4.16. The first-order valence-electron chi connectivity index (χ1n) is 10.9. The summed E-state index contributed by atoms with van der Waals surface area (Å²) >= 11 is 0. The van der Waals surface area contributed by atoms with Crippen molar-refractivity contribution in [2.45, 2.75) is 31.4 Å². The smallest absolute Gasteiger partial charge is 0.225 e. The molecule has 8 heteroatoms. The molecule has 1 fully saturated rings. The number of hydrogen-bond donors (Lipinski definition) is 2. The Morgan fingerprint density at radius 1 is 1.23 bits per heavy atom. The number of nitrogens with zero attached hydrogens (tertiary/aromatic N) is 4. The molecule has 0 spiro atoms. The number of β-amino-alcohol motifs (C(OH)–C–C–N with tert-alkyl or cyclic N) is 1. The molecule has 1 unspecified atom stereocenters. The third-order valence-electron chi connectivity index (χ3n) is 5.41. The first-order chi connectivity index (χ1) is 15.0. The van der Waals surface area contributed by atoms with Gasteiger partial charge in [-0.05, 0) is 57.1 Å². The minimum Gasteiger partial charge on any atom is -0.493 e. The van der Waals surface area contributed by atoms with Crippen molar-refractivity contribution in [1.82, 2.24) is 20.2 Å². The number of benzene rings is 1. The zero-order chi connectivity index (χ0) is 22.1. The molecule has 31 heavy (non-hydrogen) atoms. The van der Waals surface area contributed by atoms with Crippen LogP contribution in [0.5, 0.6) is 11.5 Å². The van der Waals surface area contributed by atoms with Gasteiger partial charge in [-0.2, -0.15) is 0 Å². The second-order valence-corrected chi connectivity index (χ2v) is 8.39. The lowest BCUT2D eigenvalue weighted by Gasteiger charge is -2.39. The summed E-state index contributed by atoms with van der Waals surface area (Å²) < 4.78 is 11.4. The summed E-state index contributed by atoms with van der Waals surface area (Å²) in [7, 11) is 5.77. The lowest BCUT2D eigenvalue weighted by molar-refractivity contribution is 0.0256. The molecule has 1 aliphatic rings. The molecule has 1 aromatic heterocycles. The van der Waals surface area contributed by atoms with Crippen LogP contribution in [0.15, 0.2) is 36.7 Å². The highest BCUT2D eigenvalue weighted by molar-refractivity contribution is 5.43. The van der Waals surface area contributed by atoms with Gasteiger partial charge in [0.2, 0.25) is 5.95 Å². The molecular formula is C23H35N5O3. The van der Waals surface area contributed by atoms with Crippen LogP contribution in [0.3, 0.4) is 0 Å². The van der Waals surface area contributed by atoms with Crippen LogP contribution in [0, 0.1) is 0 Å². The third-order valence-corrected chi connectivity index (χ3v) is 5.41. The molecule has 2 heterocycles. The standard InChI is InChI=1S/C23H35N5O3/c1-27(2)12-6-14-31-20-8-7-19(15-21(20)30-3)16-24-17-23(29)9-4-13-28(18-23)22-25-10-5-11-26-22/h5,7-8,10-11,15,24,29H,4,6,9,12-14,16-18H2,1-3H3. The minimum absolute atomic E-state index is 0.501. The fourth-order valence-electron chi connectivity index (χ4n) is 3.83. The van der Waals surface area contributed by atoms with Crippen molar-refractivity contribution in [1.29, 1.82) is 0 Å². The molecule has 2 aromatic rings. The fourth-order valence-corrected chi connectivity index (χ4v) is 3.83. The highest BCUT2D eigenvalue weighted by Gasteiger charge is 2.33. The second kappa shape index (κ2) is 11.3. The summed E-state index contributed by atoms with van der Waals surface area (Å²) in [5.74, 6) is 2.16. The van der Waals surface area contributed by atoms with E-state index in [0.717, 1.165) is 49.4 Å². The molecule has 0 saturated carbocycles. The van der Waals surface area contributed by atoms with Gasteiger partial charge in [-0.25, -0.2) is 9.97 Å². The minimum atomic E-state index is -0.809. The molecular weight excluding hydrogens is 394 g/mol. The van der Waals surface area contributed by atoms with Crippen molar-refractivity contribution in [3.05, 3.63) is 42.2 Å². The normalized spacial score (nSPS) is 18.9. The first kappa shape index (κ1) is 23.2. The van der Waals surface area contributed by atoms with E-state index in [4.69, 9.17) is 9.47 Å². The van der Waals surface area contributed by atoms with E-state index in [1.807, 2.05) is 18.2 Å². The van der Waals surface area contributed by atoms with Gasteiger partial charge >= 0.3 is 0 Å². The predicted molar refractivity (Wildman–Crippen MR) is 122 cm³/mol. The van der Waals surface area contributed by atoms with E-state index in [1.54, 1.807) is 25.6 Å². The van der Waals surface area contributed by atoms with Crippen LogP contribution in [0.4, 0.5) is 5.95 Å². The van der Waals surface area contributed by atoms with Gasteiger partial charge in [0.05, 0.1) is 25.9 Å². The Balaban J connectivity index is 1.50. The van der Waals surface area contributed by atoms with Crippen molar-refractivity contribution < 1.29 is 14.6 Å². The topological polar surface area (TPSA) is 83.0 Å². The average molecular weight is 430 g/mol. The Bertz CT molecular complexity index is 805. The highest BCUT2D eigenvalue weighted by Crippen LogP contribution is 2.28. The van der Waals surface area contributed by atoms with Gasteiger partial charge in [0.15, 0.2) is 11.5 Å².